The summed E-state index contributed by atoms with van der Waals surface area (Å²) in [4.78, 5) is 0. The van der Waals surface area contributed by atoms with Gasteiger partial charge in [0.15, 0.2) is 23.2 Å². The largest absolute Gasteiger partial charge is 0.429 e. The van der Waals surface area contributed by atoms with Crippen molar-refractivity contribution in [1.82, 2.24) is 0 Å². The van der Waals surface area contributed by atoms with E-state index in [1.165, 1.54) is 18.2 Å². The maximum Gasteiger partial charge on any atom is 0.387 e. The Hall–Kier alpha value is -3.59. The summed E-state index contributed by atoms with van der Waals surface area (Å²) in [5, 5.41) is 0. The van der Waals surface area contributed by atoms with Crippen LogP contribution in [0.5, 0.6) is 5.75 Å². The fraction of sp³-hybridized carbons (Fsp3) is 0.333. The van der Waals surface area contributed by atoms with Gasteiger partial charge in [0, 0.05) is 17.9 Å². The van der Waals surface area contributed by atoms with E-state index in [1.54, 1.807) is 36.4 Å². The van der Waals surface area contributed by atoms with Crippen molar-refractivity contribution in [3.8, 4) is 16.9 Å². The standard InChI is InChI=1S/C33H31F7O2/c1-2-3-4-5-27(34)31(38)22-9-7-21(8-10-22)23-12-15-26(28(35)18-23)24-11-14-25(41-19-24)13-6-20-16-29(36)32(30(37)17-20)42-33(39)40/h2-3,7-10,12,15-18,24-25,33H,4-6,11,13-14,19H2,1H3/b3-2+,31-27+. The van der Waals surface area contributed by atoms with Crippen LogP contribution in [0.3, 0.4) is 0 Å². The van der Waals surface area contributed by atoms with Gasteiger partial charge in [-0.2, -0.15) is 8.78 Å². The second-order valence-corrected chi connectivity index (χ2v) is 10.2. The van der Waals surface area contributed by atoms with Crippen LogP contribution in [0.25, 0.3) is 17.0 Å². The van der Waals surface area contributed by atoms with Crippen molar-refractivity contribution in [2.75, 3.05) is 6.61 Å². The molecule has 3 aromatic carbocycles. The molecule has 2 atom stereocenters. The van der Waals surface area contributed by atoms with Crippen molar-refractivity contribution < 1.29 is 40.2 Å². The summed E-state index contributed by atoms with van der Waals surface area (Å²) in [6.07, 6.45) is 5.70. The number of allylic oxidation sites excluding steroid dienone is 3. The summed E-state index contributed by atoms with van der Waals surface area (Å²) in [7, 11) is 0. The molecule has 0 aliphatic carbocycles. The first kappa shape index (κ1) is 31.3. The van der Waals surface area contributed by atoms with E-state index in [0.717, 1.165) is 12.1 Å². The van der Waals surface area contributed by atoms with Gasteiger partial charge in [-0.05, 0) is 79.5 Å². The molecule has 1 heterocycles. The van der Waals surface area contributed by atoms with E-state index in [-0.39, 0.29) is 37.0 Å². The molecule has 0 bridgehead atoms. The van der Waals surface area contributed by atoms with Crippen LogP contribution in [-0.2, 0) is 11.2 Å². The Bertz CT molecular complexity index is 1390. The van der Waals surface area contributed by atoms with Crippen molar-refractivity contribution >= 4 is 5.83 Å². The maximum atomic E-state index is 15.1. The zero-order valence-electron chi connectivity index (χ0n) is 23.0. The van der Waals surface area contributed by atoms with Crippen LogP contribution < -0.4 is 4.74 Å². The number of rotatable bonds is 11. The maximum absolute atomic E-state index is 15.1. The molecule has 0 saturated carbocycles. The van der Waals surface area contributed by atoms with Crippen LogP contribution in [0.1, 0.15) is 61.6 Å². The van der Waals surface area contributed by atoms with Crippen LogP contribution in [0.2, 0.25) is 0 Å². The predicted molar refractivity (Wildman–Crippen MR) is 148 cm³/mol. The average molecular weight is 593 g/mol. The third-order valence-corrected chi connectivity index (χ3v) is 7.31. The smallest absolute Gasteiger partial charge is 0.387 e. The van der Waals surface area contributed by atoms with Crippen molar-refractivity contribution in [3.05, 3.63) is 107 Å². The van der Waals surface area contributed by atoms with Gasteiger partial charge in [0.2, 0.25) is 0 Å². The number of hydrogen-bond acceptors (Lipinski definition) is 2. The summed E-state index contributed by atoms with van der Waals surface area (Å²) < 4.78 is 106. The molecule has 1 saturated heterocycles. The van der Waals surface area contributed by atoms with Gasteiger partial charge in [0.05, 0.1) is 12.7 Å². The number of halogens is 7. The third-order valence-electron chi connectivity index (χ3n) is 7.31. The molecule has 1 aliphatic rings. The first-order chi connectivity index (χ1) is 20.2. The summed E-state index contributed by atoms with van der Waals surface area (Å²) >= 11 is 0. The van der Waals surface area contributed by atoms with Gasteiger partial charge in [-0.1, -0.05) is 48.6 Å². The number of ether oxygens (including phenoxy) is 2. The van der Waals surface area contributed by atoms with Gasteiger partial charge >= 0.3 is 6.61 Å². The Morgan fingerprint density at radius 2 is 1.62 bits per heavy atom. The Morgan fingerprint density at radius 1 is 0.929 bits per heavy atom. The van der Waals surface area contributed by atoms with Crippen LogP contribution >= 0.6 is 0 Å². The summed E-state index contributed by atoms with van der Waals surface area (Å²) in [6, 6.07) is 13.0. The van der Waals surface area contributed by atoms with Gasteiger partial charge in [-0.25, -0.2) is 22.0 Å². The molecular weight excluding hydrogens is 561 g/mol. The second-order valence-electron chi connectivity index (χ2n) is 10.2. The van der Waals surface area contributed by atoms with E-state index in [9.17, 15) is 26.3 Å². The van der Waals surface area contributed by atoms with Crippen molar-refractivity contribution in [3.63, 3.8) is 0 Å². The highest BCUT2D eigenvalue weighted by Gasteiger charge is 2.26. The lowest BCUT2D eigenvalue weighted by molar-refractivity contribution is -0.0546. The molecule has 42 heavy (non-hydrogen) atoms. The quantitative estimate of drug-likeness (QED) is 0.163. The van der Waals surface area contributed by atoms with Crippen molar-refractivity contribution in [2.24, 2.45) is 0 Å². The Balaban J connectivity index is 1.32. The molecule has 0 N–H and O–H groups in total. The minimum Gasteiger partial charge on any atom is -0.429 e. The summed E-state index contributed by atoms with van der Waals surface area (Å²) in [5.74, 6) is -5.79. The van der Waals surface area contributed by atoms with Crippen LogP contribution in [-0.4, -0.2) is 19.3 Å². The van der Waals surface area contributed by atoms with Crippen molar-refractivity contribution in [2.45, 2.75) is 64.1 Å². The molecule has 2 unspecified atom stereocenters. The zero-order valence-corrected chi connectivity index (χ0v) is 23.0. The van der Waals surface area contributed by atoms with Crippen LogP contribution in [0.15, 0.2) is 72.6 Å². The van der Waals surface area contributed by atoms with Gasteiger partial charge < -0.3 is 9.47 Å². The highest BCUT2D eigenvalue weighted by molar-refractivity contribution is 5.68. The number of aryl methyl sites for hydroxylation is 1. The minimum absolute atomic E-state index is 0.0224. The highest BCUT2D eigenvalue weighted by atomic mass is 19.3. The van der Waals surface area contributed by atoms with E-state index >= 15 is 4.39 Å². The van der Waals surface area contributed by atoms with Gasteiger partial charge in [0.25, 0.3) is 0 Å². The van der Waals surface area contributed by atoms with E-state index in [1.807, 2.05) is 6.92 Å². The van der Waals surface area contributed by atoms with Gasteiger partial charge in [-0.3, -0.25) is 0 Å². The van der Waals surface area contributed by atoms with E-state index in [2.05, 4.69) is 4.74 Å². The SMILES string of the molecule is C/C=C/CC/C(F)=C(\F)c1ccc(-c2ccc(C3CCC(CCc4cc(F)c(OC(F)F)c(F)c4)OC3)c(F)c2)cc1. The Morgan fingerprint density at radius 3 is 2.21 bits per heavy atom. The lowest BCUT2D eigenvalue weighted by Gasteiger charge is -2.29. The Labute approximate surface area is 240 Å². The first-order valence-electron chi connectivity index (χ1n) is 13.8. The highest BCUT2D eigenvalue weighted by Crippen LogP contribution is 2.34. The fourth-order valence-corrected chi connectivity index (χ4v) is 5.05. The third kappa shape index (κ3) is 8.03. The number of hydrogen-bond donors (Lipinski definition) is 0. The molecule has 224 valence electrons. The molecule has 9 heteroatoms. The fourth-order valence-electron chi connectivity index (χ4n) is 5.05. The zero-order chi connectivity index (χ0) is 30.2. The molecule has 1 aliphatic heterocycles. The average Bonchev–Trinajstić information content (AvgIpc) is 2.98. The lowest BCUT2D eigenvalue weighted by Crippen LogP contribution is -2.25. The molecule has 4 rings (SSSR count). The van der Waals surface area contributed by atoms with E-state index in [0.29, 0.717) is 47.9 Å². The molecule has 2 nitrogen and oxygen atoms in total. The Kier molecular flexibility index (Phi) is 10.8. The van der Waals surface area contributed by atoms with E-state index in [4.69, 9.17) is 4.74 Å². The molecular formula is C33H31F7O2. The first-order valence-corrected chi connectivity index (χ1v) is 13.8. The molecule has 0 radical (unpaired) electrons. The van der Waals surface area contributed by atoms with Crippen molar-refractivity contribution in [1.29, 1.82) is 0 Å². The van der Waals surface area contributed by atoms with Crippen LogP contribution in [0, 0.1) is 17.5 Å². The molecule has 0 amide bonds. The van der Waals surface area contributed by atoms with Gasteiger partial charge in [0.1, 0.15) is 11.6 Å². The molecule has 0 aromatic heterocycles. The molecule has 1 fully saturated rings. The lowest BCUT2D eigenvalue weighted by atomic mass is 9.88. The summed E-state index contributed by atoms with van der Waals surface area (Å²) in [5.41, 5.74) is 2.17. The topological polar surface area (TPSA) is 18.5 Å². The number of benzene rings is 3. The summed E-state index contributed by atoms with van der Waals surface area (Å²) in [6.45, 7) is -1.25. The molecule has 0 spiro atoms. The number of alkyl halides is 2. The minimum atomic E-state index is -3.33. The molecule has 3 aromatic rings. The van der Waals surface area contributed by atoms with Crippen LogP contribution in [0.4, 0.5) is 30.7 Å². The van der Waals surface area contributed by atoms with Gasteiger partial charge in [-0.15, -0.1) is 0 Å². The second kappa shape index (κ2) is 14.5. The predicted octanol–water partition coefficient (Wildman–Crippen LogP) is 10.2. The van der Waals surface area contributed by atoms with E-state index < -0.39 is 41.5 Å². The normalized spacial score (nSPS) is 18.0. The monoisotopic (exact) mass is 592 g/mol.